The molecule has 4 amide bonds. The number of aliphatic hydroxyl groups excluding tert-OH is 1. The fourth-order valence-corrected chi connectivity index (χ4v) is 11.8. The van der Waals surface area contributed by atoms with Crippen molar-refractivity contribution in [1.82, 2.24) is 44.7 Å². The Bertz CT molecular complexity index is 2340. The van der Waals surface area contributed by atoms with Gasteiger partial charge in [-0.1, -0.05) is 33.8 Å². The molecule has 4 atom stereocenters. The van der Waals surface area contributed by atoms with E-state index in [1.54, 1.807) is 25.3 Å². The number of amides is 4. The van der Waals surface area contributed by atoms with Crippen LogP contribution in [0.5, 0.6) is 0 Å². The molecule has 3 N–H and O–H groups in total. The van der Waals surface area contributed by atoms with E-state index in [2.05, 4.69) is 58.8 Å². The quantitative estimate of drug-likeness (QED) is 0.146. The summed E-state index contributed by atoms with van der Waals surface area (Å²) in [7, 11) is 4.27. The molecule has 7 rings (SSSR count). The Morgan fingerprint density at radius 1 is 1.16 bits per heavy atom. The van der Waals surface area contributed by atoms with Gasteiger partial charge >= 0.3 is 21.0 Å². The van der Waals surface area contributed by atoms with Crippen LogP contribution in [0.2, 0.25) is 0 Å². The number of hydrogen-bond acceptors (Lipinski definition) is 12. The van der Waals surface area contributed by atoms with Crippen LogP contribution in [0.25, 0.3) is 33.4 Å². The van der Waals surface area contributed by atoms with Gasteiger partial charge in [0.2, 0.25) is 11.4 Å². The number of carbonyl (C=O) groups is 4. The molecule has 339 valence electrons. The third kappa shape index (κ3) is 9.29. The van der Waals surface area contributed by atoms with Crippen molar-refractivity contribution in [1.29, 1.82) is 0 Å². The predicted molar refractivity (Wildman–Crippen MR) is 244 cm³/mol. The topological polar surface area (TPSA) is 175 Å². The van der Waals surface area contributed by atoms with E-state index in [4.69, 9.17) is 19.4 Å². The molecule has 0 saturated carbocycles. The molecule has 6 bridgehead atoms. The van der Waals surface area contributed by atoms with Crippen LogP contribution in [-0.2, 0) is 32.0 Å². The number of likely N-dealkylation sites (tertiary alicyclic amines) is 1. The molecule has 0 unspecified atom stereocenters. The standard InChI is InChI=1S/C45H62N9O7SSi/c1-11-53-35-17-16-28-20-31(35)32(38(53)30-14-12-18-46-36(30)27(4)60-10)21-45(5,6)25-61-41(56)33-15-13-19-54(48-33)44(59)63(42(57)40-47-34(28)24-62-40)49-39(55)37(26(2)3)51(9)43(58)52-22-29(23-52)50(7)8/h12,14,16-18,20,24,26-27,29,33,37,42,48,57H,11,13,15,19,21-23,25H2,1-10H3,(H,49,55)/t27-,33-,37-,42-/m0/s1. The maximum atomic E-state index is 14.6. The number of benzene rings is 1. The Morgan fingerprint density at radius 2 is 1.90 bits per heavy atom. The highest BCUT2D eigenvalue weighted by atomic mass is 32.1. The highest BCUT2D eigenvalue weighted by Crippen LogP contribution is 2.42. The number of aryl methyl sites for hydroxylation is 1. The number of urea groups is 1. The summed E-state index contributed by atoms with van der Waals surface area (Å²) in [5.74, 6) is -1.36. The molecule has 2 fully saturated rings. The number of hydrogen-bond donors (Lipinski definition) is 3. The molecule has 3 aliphatic heterocycles. The molecule has 1 radical (unpaired) electrons. The summed E-state index contributed by atoms with van der Waals surface area (Å²) < 4.78 is 14.2. The van der Waals surface area contributed by atoms with Gasteiger partial charge in [0.05, 0.1) is 29.8 Å². The maximum absolute atomic E-state index is 14.6. The predicted octanol–water partition coefficient (Wildman–Crippen LogP) is 5.35. The van der Waals surface area contributed by atoms with Gasteiger partial charge in [-0.3, -0.25) is 24.4 Å². The lowest BCUT2D eigenvalue weighted by molar-refractivity contribution is -0.151. The van der Waals surface area contributed by atoms with E-state index in [0.717, 1.165) is 39.0 Å². The SMILES string of the molecule is CCn1c(-c2cccnc2[C@H](C)OC)c2c3cc(ccc31)-c1csc(n1)[C@@H](O)[Si](NC(=O)[C@H](C(C)C)N(C)C(=O)N1CC(N(C)C)C1)C(=O)N1CCC[C@H](N1)C(=O)OCC(C)(C)C2. The summed E-state index contributed by atoms with van der Waals surface area (Å²) in [4.78, 5) is 74.4. The number of hydrazine groups is 1. The minimum Gasteiger partial charge on any atom is -0.464 e. The van der Waals surface area contributed by atoms with E-state index < -0.39 is 49.6 Å². The van der Waals surface area contributed by atoms with Gasteiger partial charge in [0, 0.05) is 85.4 Å². The fraction of sp³-hybridized carbons (Fsp3) is 0.556. The Morgan fingerprint density at radius 3 is 2.59 bits per heavy atom. The van der Waals surface area contributed by atoms with Gasteiger partial charge in [0.15, 0.2) is 0 Å². The molecule has 0 aliphatic carbocycles. The third-order valence-electron chi connectivity index (χ3n) is 12.6. The second-order valence-electron chi connectivity index (χ2n) is 18.3. The van der Waals surface area contributed by atoms with Gasteiger partial charge < -0.3 is 38.8 Å². The Kier molecular flexibility index (Phi) is 13.8. The molecule has 2 saturated heterocycles. The van der Waals surface area contributed by atoms with Crippen LogP contribution in [0.4, 0.5) is 9.59 Å². The number of nitrogens with one attached hydrogen (secondary N) is 2. The zero-order valence-corrected chi connectivity index (χ0v) is 39.9. The molecule has 3 aliphatic rings. The lowest BCUT2D eigenvalue weighted by atomic mass is 9.84. The molecule has 0 spiro atoms. The van der Waals surface area contributed by atoms with E-state index in [9.17, 15) is 24.3 Å². The van der Waals surface area contributed by atoms with Crippen molar-refractivity contribution in [3.05, 3.63) is 58.2 Å². The van der Waals surface area contributed by atoms with Crippen molar-refractivity contribution in [2.75, 3.05) is 54.5 Å². The number of rotatable bonds is 9. The van der Waals surface area contributed by atoms with E-state index in [1.807, 2.05) is 52.4 Å². The first kappa shape index (κ1) is 46.3. The number of methoxy groups -OCH3 is 1. The van der Waals surface area contributed by atoms with Gasteiger partial charge in [-0.15, -0.1) is 11.3 Å². The Balaban J connectivity index is 1.30. The second kappa shape index (κ2) is 18.8. The summed E-state index contributed by atoms with van der Waals surface area (Å²) >= 11 is 1.21. The highest BCUT2D eigenvalue weighted by molar-refractivity contribution is 7.11. The van der Waals surface area contributed by atoms with Crippen LogP contribution >= 0.6 is 11.3 Å². The fourth-order valence-electron chi connectivity index (χ4n) is 8.92. The molecule has 3 aromatic heterocycles. The summed E-state index contributed by atoms with van der Waals surface area (Å²) in [6, 6.07) is 8.41. The number of aromatic nitrogens is 3. The first-order chi connectivity index (χ1) is 29.9. The zero-order chi connectivity index (χ0) is 45.5. The normalized spacial score (nSPS) is 21.0. The number of aliphatic hydroxyl groups is 1. The summed E-state index contributed by atoms with van der Waals surface area (Å²) in [5.41, 5.74) is 6.85. The molecule has 6 heterocycles. The van der Waals surface area contributed by atoms with Crippen LogP contribution in [0, 0.1) is 11.3 Å². The number of pyridine rings is 1. The van der Waals surface area contributed by atoms with Crippen molar-refractivity contribution in [2.24, 2.45) is 11.3 Å². The maximum Gasteiger partial charge on any atom is 0.324 e. The first-order valence-electron chi connectivity index (χ1n) is 21.8. The largest absolute Gasteiger partial charge is 0.464 e. The van der Waals surface area contributed by atoms with Gasteiger partial charge in [-0.2, -0.15) is 0 Å². The molecular formula is C45H62N9O7SSi. The van der Waals surface area contributed by atoms with Crippen LogP contribution < -0.4 is 10.4 Å². The van der Waals surface area contributed by atoms with E-state index in [1.165, 1.54) is 21.2 Å². The summed E-state index contributed by atoms with van der Waals surface area (Å²) in [6.07, 6.45) is 2.99. The number of cyclic esters (lactones) is 1. The van der Waals surface area contributed by atoms with E-state index >= 15 is 0 Å². The van der Waals surface area contributed by atoms with Crippen molar-refractivity contribution in [2.45, 2.75) is 97.3 Å². The number of carbonyl (C=O) groups excluding carboxylic acids is 4. The summed E-state index contributed by atoms with van der Waals surface area (Å²) in [5, 5.41) is 16.7. The molecular weight excluding hydrogens is 839 g/mol. The molecule has 16 nitrogen and oxygen atoms in total. The number of fused-ring (bicyclic) bond motifs is 6. The highest BCUT2D eigenvalue weighted by Gasteiger charge is 2.45. The molecule has 18 heteroatoms. The lowest BCUT2D eigenvalue weighted by Gasteiger charge is -2.45. The van der Waals surface area contributed by atoms with Gasteiger partial charge in [0.25, 0.3) is 0 Å². The van der Waals surface area contributed by atoms with Crippen molar-refractivity contribution in [3.63, 3.8) is 0 Å². The Hall–Kier alpha value is -4.72. The average Bonchev–Trinajstić information content (AvgIpc) is 3.85. The van der Waals surface area contributed by atoms with Gasteiger partial charge in [-0.05, 0) is 83.0 Å². The van der Waals surface area contributed by atoms with Crippen LogP contribution in [0.15, 0.2) is 41.9 Å². The smallest absolute Gasteiger partial charge is 0.324 e. The van der Waals surface area contributed by atoms with Gasteiger partial charge in [0.1, 0.15) is 22.8 Å². The second-order valence-corrected chi connectivity index (χ2v) is 21.3. The van der Waals surface area contributed by atoms with E-state index in [0.29, 0.717) is 44.6 Å². The number of likely N-dealkylation sites (N-methyl/N-ethyl adjacent to an activating group) is 2. The first-order valence-corrected chi connectivity index (χ1v) is 24.3. The number of nitrogens with zero attached hydrogens (tertiary/aromatic N) is 7. The van der Waals surface area contributed by atoms with Gasteiger partial charge in [-0.25, -0.2) is 15.2 Å². The van der Waals surface area contributed by atoms with Crippen molar-refractivity contribution >= 4 is 54.6 Å². The molecule has 63 heavy (non-hydrogen) atoms. The Labute approximate surface area is 375 Å². The summed E-state index contributed by atoms with van der Waals surface area (Å²) in [6.45, 7) is 14.1. The monoisotopic (exact) mass is 900 g/mol. The molecule has 4 aromatic rings. The van der Waals surface area contributed by atoms with Crippen LogP contribution in [-0.4, -0.2) is 144 Å². The third-order valence-corrected chi connectivity index (χ3v) is 15.8. The average molecular weight is 901 g/mol. The minimum atomic E-state index is -2.94. The molecule has 1 aromatic carbocycles. The van der Waals surface area contributed by atoms with Crippen molar-refractivity contribution in [3.8, 4) is 22.5 Å². The lowest BCUT2D eigenvalue weighted by Crippen LogP contribution is -2.66. The number of ether oxygens (including phenoxy) is 2. The zero-order valence-electron chi connectivity index (χ0n) is 38.1. The van der Waals surface area contributed by atoms with Crippen LogP contribution in [0.3, 0.4) is 0 Å². The number of thiazole rings is 1. The minimum absolute atomic E-state index is 0.111. The van der Waals surface area contributed by atoms with E-state index in [-0.39, 0.29) is 42.3 Å². The number of esters is 1. The van der Waals surface area contributed by atoms with Crippen LogP contribution in [0.1, 0.15) is 82.5 Å². The van der Waals surface area contributed by atoms with Crippen molar-refractivity contribution < 1.29 is 33.8 Å².